The zero-order valence-corrected chi connectivity index (χ0v) is 28.8. The first-order valence-corrected chi connectivity index (χ1v) is 17.4. The molecule has 256 valence electrons. The fraction of sp³-hybridized carbons (Fsp3) is 0.438. The van der Waals surface area contributed by atoms with Gasteiger partial charge in [0.05, 0.1) is 46.6 Å². The zero-order chi connectivity index (χ0) is 34.7. The molecule has 13 nitrogen and oxygen atoms in total. The number of urea groups is 1. The predicted molar refractivity (Wildman–Crippen MR) is 180 cm³/mol. The van der Waals surface area contributed by atoms with Crippen LogP contribution < -0.4 is 10.6 Å². The maximum Gasteiger partial charge on any atom is 0.318 e. The summed E-state index contributed by atoms with van der Waals surface area (Å²) in [6, 6.07) is 11.9. The van der Waals surface area contributed by atoms with Gasteiger partial charge in [-0.3, -0.25) is 4.79 Å². The molecule has 3 aromatic rings. The van der Waals surface area contributed by atoms with Crippen molar-refractivity contribution in [3.05, 3.63) is 81.8 Å². The number of aromatic nitrogens is 1. The van der Waals surface area contributed by atoms with Crippen molar-refractivity contribution in [2.24, 2.45) is 11.1 Å². The van der Waals surface area contributed by atoms with Crippen LogP contribution in [0.3, 0.4) is 0 Å². The fourth-order valence-electron chi connectivity index (χ4n) is 4.82. The maximum absolute atomic E-state index is 13.7. The smallest absolute Gasteiger partial charge is 0.318 e. The Hall–Kier alpha value is -3.89. The molecule has 0 radical (unpaired) electrons. The molecule has 0 aliphatic rings. The van der Waals surface area contributed by atoms with E-state index < -0.39 is 46.3 Å². The maximum atomic E-state index is 13.7. The first-order valence-electron chi connectivity index (χ1n) is 15.1. The average Bonchev–Trinajstić information content (AvgIpc) is 3.43. The van der Waals surface area contributed by atoms with Crippen molar-refractivity contribution in [3.63, 3.8) is 0 Å². The molecule has 0 saturated heterocycles. The molecule has 15 heteroatoms. The van der Waals surface area contributed by atoms with Gasteiger partial charge in [-0.2, -0.15) is 4.31 Å². The van der Waals surface area contributed by atoms with Crippen molar-refractivity contribution < 1.29 is 33.4 Å². The number of rotatable bonds is 16. The highest BCUT2D eigenvalue weighted by atomic mass is 32.2. The number of carbonyl (C=O) groups excluding carboxylic acids is 2. The average molecular weight is 689 g/mol. The molecule has 0 bridgehead atoms. The van der Waals surface area contributed by atoms with Gasteiger partial charge >= 0.3 is 6.03 Å². The van der Waals surface area contributed by atoms with Crippen LogP contribution in [0.25, 0.3) is 0 Å². The summed E-state index contributed by atoms with van der Waals surface area (Å²) in [4.78, 5) is 32.3. The van der Waals surface area contributed by atoms with E-state index in [1.165, 1.54) is 57.9 Å². The van der Waals surface area contributed by atoms with E-state index in [0.717, 1.165) is 10.6 Å². The van der Waals surface area contributed by atoms with Crippen molar-refractivity contribution in [2.75, 3.05) is 20.1 Å². The summed E-state index contributed by atoms with van der Waals surface area (Å²) in [6.07, 6.45) is -1.36. The van der Waals surface area contributed by atoms with Gasteiger partial charge in [-0.25, -0.2) is 18.2 Å². The quantitative estimate of drug-likeness (QED) is 0.0864. The van der Waals surface area contributed by atoms with Gasteiger partial charge < -0.3 is 31.0 Å². The molecule has 3 amide bonds. The minimum Gasteiger partial charge on any atom is -0.411 e. The third-order valence-electron chi connectivity index (χ3n) is 7.23. The number of thiazole rings is 1. The summed E-state index contributed by atoms with van der Waals surface area (Å²) in [6.45, 7) is 6.85. The second kappa shape index (κ2) is 17.3. The van der Waals surface area contributed by atoms with E-state index >= 15 is 0 Å². The molecular formula is C32H44N6O7S2. The zero-order valence-electron chi connectivity index (χ0n) is 27.1. The third-order valence-corrected chi connectivity index (χ3v) is 9.90. The van der Waals surface area contributed by atoms with Crippen molar-refractivity contribution in [3.8, 4) is 0 Å². The Labute approximate surface area is 280 Å². The van der Waals surface area contributed by atoms with Crippen LogP contribution in [0.1, 0.15) is 42.6 Å². The first-order chi connectivity index (χ1) is 22.2. The van der Waals surface area contributed by atoms with Crippen molar-refractivity contribution >= 4 is 39.5 Å². The molecule has 1 heterocycles. The van der Waals surface area contributed by atoms with Crippen LogP contribution in [-0.4, -0.2) is 101 Å². The Morgan fingerprint density at radius 1 is 1.02 bits per heavy atom. The lowest BCUT2D eigenvalue weighted by atomic mass is 10.00. The second-order valence-corrected chi connectivity index (χ2v) is 14.8. The molecule has 2 aromatic carbocycles. The summed E-state index contributed by atoms with van der Waals surface area (Å²) in [5.74, 6) is -0.842. The van der Waals surface area contributed by atoms with Crippen LogP contribution in [0.5, 0.6) is 0 Å². The Balaban J connectivity index is 1.84. The summed E-state index contributed by atoms with van der Waals surface area (Å²) in [7, 11) is -2.55. The van der Waals surface area contributed by atoms with E-state index in [2.05, 4.69) is 20.8 Å². The van der Waals surface area contributed by atoms with Crippen LogP contribution in [0.15, 0.2) is 70.0 Å². The number of nitrogens with zero attached hydrogens (tertiary/aromatic N) is 4. The number of aliphatic hydroxyl groups is 2. The first kappa shape index (κ1) is 37.6. The number of hydrogen-bond acceptors (Lipinski definition) is 10. The minimum atomic E-state index is -4.09. The lowest BCUT2D eigenvalue weighted by molar-refractivity contribution is -0.127. The van der Waals surface area contributed by atoms with Crippen LogP contribution in [0.4, 0.5) is 4.79 Å². The van der Waals surface area contributed by atoms with Gasteiger partial charge in [0, 0.05) is 25.5 Å². The van der Waals surface area contributed by atoms with E-state index in [-0.39, 0.29) is 36.9 Å². The molecule has 0 aliphatic heterocycles. The minimum absolute atomic E-state index is 0.0158. The lowest BCUT2D eigenvalue weighted by Gasteiger charge is -2.32. The number of hydrogen-bond donors (Lipinski definition) is 5. The SMILES string of the molecule is Cc1nc(CN(C)C(=O)N[C@H](C(=O)N[C@@H](Cc2ccccc2)[C@@H](O)CN(CC(C)C)S(=O)(=O)c2ccc(C=NO)cc2)[C@H](C)O)cs1. The molecule has 0 unspecified atom stereocenters. The number of benzene rings is 2. The Bertz CT molecular complexity index is 1580. The van der Waals surface area contributed by atoms with Crippen LogP contribution in [0.2, 0.25) is 0 Å². The highest BCUT2D eigenvalue weighted by molar-refractivity contribution is 7.89. The summed E-state index contributed by atoms with van der Waals surface area (Å²) in [5.41, 5.74) is 1.95. The van der Waals surface area contributed by atoms with E-state index in [0.29, 0.717) is 11.3 Å². The molecule has 0 saturated carbocycles. The van der Waals surface area contributed by atoms with Crippen LogP contribution in [0, 0.1) is 12.8 Å². The summed E-state index contributed by atoms with van der Waals surface area (Å²) >= 11 is 1.45. The fourth-order valence-corrected chi connectivity index (χ4v) is 7.05. The summed E-state index contributed by atoms with van der Waals surface area (Å²) in [5, 5.41) is 41.8. The van der Waals surface area contributed by atoms with E-state index in [1.807, 2.05) is 44.4 Å². The molecule has 0 aliphatic carbocycles. The van der Waals surface area contributed by atoms with Crippen molar-refractivity contribution in [1.82, 2.24) is 24.8 Å². The topological polar surface area (TPSA) is 185 Å². The molecule has 4 atom stereocenters. The Morgan fingerprint density at radius 2 is 1.68 bits per heavy atom. The number of oxime groups is 1. The highest BCUT2D eigenvalue weighted by Crippen LogP contribution is 2.20. The predicted octanol–water partition coefficient (Wildman–Crippen LogP) is 2.59. The largest absolute Gasteiger partial charge is 0.411 e. The molecule has 1 aromatic heterocycles. The molecule has 3 rings (SSSR count). The lowest BCUT2D eigenvalue weighted by Crippen LogP contribution is -2.59. The van der Waals surface area contributed by atoms with Crippen LogP contribution >= 0.6 is 11.3 Å². The second-order valence-electron chi connectivity index (χ2n) is 11.8. The number of nitrogens with one attached hydrogen (secondary N) is 2. The van der Waals surface area contributed by atoms with Crippen LogP contribution in [-0.2, 0) is 27.8 Å². The van der Waals surface area contributed by atoms with E-state index in [9.17, 15) is 28.2 Å². The molecule has 5 N–H and O–H groups in total. The molecule has 47 heavy (non-hydrogen) atoms. The number of amides is 3. The van der Waals surface area contributed by atoms with Crippen molar-refractivity contribution in [2.45, 2.75) is 69.8 Å². The number of aliphatic hydroxyl groups excluding tert-OH is 2. The van der Waals surface area contributed by atoms with Gasteiger partial charge in [-0.1, -0.05) is 61.5 Å². The highest BCUT2D eigenvalue weighted by Gasteiger charge is 2.34. The van der Waals surface area contributed by atoms with Gasteiger partial charge in [-0.15, -0.1) is 11.3 Å². The van der Waals surface area contributed by atoms with Gasteiger partial charge in [-0.05, 0) is 49.4 Å². The third kappa shape index (κ3) is 11.1. The molecule has 0 spiro atoms. The number of carbonyl (C=O) groups is 2. The summed E-state index contributed by atoms with van der Waals surface area (Å²) < 4.78 is 28.7. The Kier molecular flexibility index (Phi) is 13.8. The van der Waals surface area contributed by atoms with E-state index in [1.54, 1.807) is 19.2 Å². The standard InChI is InChI=1S/C32H44N6O7S2/c1-21(2)17-38(47(44,45)27-13-11-25(12-14-27)16-33-43)19-29(40)28(15-24-9-7-6-8-10-24)35-31(41)30(22(3)39)36-32(42)37(5)18-26-20-46-23(4)34-26/h6-14,16,20-22,28-30,39-40,43H,15,17-19H2,1-5H3,(H,35,41)(H,36,42)/t22-,28-,29-,30-/m0/s1. The number of sulfonamides is 1. The van der Waals surface area contributed by atoms with E-state index in [4.69, 9.17) is 5.21 Å². The van der Waals surface area contributed by atoms with Gasteiger partial charge in [0.15, 0.2) is 0 Å². The van der Waals surface area contributed by atoms with Gasteiger partial charge in [0.2, 0.25) is 15.9 Å². The normalized spacial score (nSPS) is 14.6. The van der Waals surface area contributed by atoms with Gasteiger partial charge in [0.25, 0.3) is 0 Å². The monoisotopic (exact) mass is 688 g/mol. The van der Waals surface area contributed by atoms with Crippen molar-refractivity contribution in [1.29, 1.82) is 0 Å². The molecular weight excluding hydrogens is 645 g/mol. The number of aryl methyl sites for hydroxylation is 1. The Morgan fingerprint density at radius 3 is 2.23 bits per heavy atom. The molecule has 0 fully saturated rings. The van der Waals surface area contributed by atoms with Gasteiger partial charge in [0.1, 0.15) is 6.04 Å².